The molecule has 0 spiro atoms. The molecule has 140 valence electrons. The molecule has 3 aromatic rings. The van der Waals surface area contributed by atoms with E-state index in [9.17, 15) is 13.5 Å². The molecule has 1 aromatic carbocycles. The standard InChI is InChI=1S/C18H24N4O3S/c1-13(11-23)14-5-6-15-16(9-14)19-10-17-18(15)22(12-20-17)8-4-3-7-21-26(2,24)25/h5-6,9-10,12-13,21,23H,3-4,7-8,11H2,1-2H3. The molecular weight excluding hydrogens is 352 g/mol. The SMILES string of the molecule is CC(CO)c1ccc2c(c1)ncc1ncn(CCCCNS(C)(=O)=O)c12. The molecule has 0 radical (unpaired) electrons. The van der Waals surface area contributed by atoms with Crippen LogP contribution in [0.5, 0.6) is 0 Å². The van der Waals surface area contributed by atoms with Crippen molar-refractivity contribution in [2.45, 2.75) is 32.2 Å². The number of pyridine rings is 1. The highest BCUT2D eigenvalue weighted by Crippen LogP contribution is 2.26. The van der Waals surface area contributed by atoms with Crippen molar-refractivity contribution >= 4 is 32.0 Å². The molecule has 7 nitrogen and oxygen atoms in total. The fraction of sp³-hybridized carbons (Fsp3) is 0.444. The van der Waals surface area contributed by atoms with E-state index in [1.165, 1.54) is 6.26 Å². The van der Waals surface area contributed by atoms with Crippen molar-refractivity contribution in [3.63, 3.8) is 0 Å². The Balaban J connectivity index is 1.81. The number of imidazole rings is 1. The number of aryl methyl sites for hydroxylation is 1. The first-order valence-corrected chi connectivity index (χ1v) is 10.6. The zero-order valence-electron chi connectivity index (χ0n) is 15.0. The van der Waals surface area contributed by atoms with Gasteiger partial charge in [-0.2, -0.15) is 0 Å². The predicted octanol–water partition coefficient (Wildman–Crippen LogP) is 2.01. The van der Waals surface area contributed by atoms with Crippen LogP contribution in [0.1, 0.15) is 31.2 Å². The van der Waals surface area contributed by atoms with Crippen LogP contribution in [0.4, 0.5) is 0 Å². The van der Waals surface area contributed by atoms with Crippen LogP contribution in [0, 0.1) is 0 Å². The average molecular weight is 376 g/mol. The number of aliphatic hydroxyl groups excluding tert-OH is 1. The number of sulfonamides is 1. The number of aliphatic hydroxyl groups is 1. The maximum absolute atomic E-state index is 11.1. The number of hydrogen-bond acceptors (Lipinski definition) is 5. The van der Waals surface area contributed by atoms with Gasteiger partial charge < -0.3 is 9.67 Å². The van der Waals surface area contributed by atoms with Gasteiger partial charge in [-0.25, -0.2) is 18.1 Å². The number of unbranched alkanes of at least 4 members (excludes halogenated alkanes) is 1. The van der Waals surface area contributed by atoms with E-state index >= 15 is 0 Å². The molecule has 2 N–H and O–H groups in total. The van der Waals surface area contributed by atoms with Gasteiger partial charge in [-0.05, 0) is 24.5 Å². The molecule has 0 saturated heterocycles. The lowest BCUT2D eigenvalue weighted by molar-refractivity contribution is 0.273. The maximum atomic E-state index is 11.1. The number of rotatable bonds is 8. The van der Waals surface area contributed by atoms with E-state index in [1.54, 1.807) is 12.5 Å². The van der Waals surface area contributed by atoms with E-state index in [0.717, 1.165) is 46.9 Å². The van der Waals surface area contributed by atoms with E-state index in [1.807, 2.05) is 25.1 Å². The molecule has 8 heteroatoms. The summed E-state index contributed by atoms with van der Waals surface area (Å²) in [6.07, 6.45) is 6.35. The first-order valence-electron chi connectivity index (χ1n) is 8.68. The van der Waals surface area contributed by atoms with Crippen LogP contribution in [-0.2, 0) is 16.6 Å². The minimum atomic E-state index is -3.13. The Morgan fingerprint density at radius 2 is 2.04 bits per heavy atom. The van der Waals surface area contributed by atoms with Crippen molar-refractivity contribution in [3.8, 4) is 0 Å². The summed E-state index contributed by atoms with van der Waals surface area (Å²) in [6, 6.07) is 6.08. The van der Waals surface area contributed by atoms with Crippen molar-refractivity contribution in [3.05, 3.63) is 36.3 Å². The number of hydrogen-bond donors (Lipinski definition) is 2. The summed E-state index contributed by atoms with van der Waals surface area (Å²) in [4.78, 5) is 8.93. The summed E-state index contributed by atoms with van der Waals surface area (Å²) >= 11 is 0. The molecule has 0 aliphatic carbocycles. The Bertz CT molecular complexity index is 1010. The number of nitrogens with one attached hydrogen (secondary N) is 1. The van der Waals surface area contributed by atoms with Crippen molar-refractivity contribution in [2.24, 2.45) is 0 Å². The van der Waals surface area contributed by atoms with Crippen LogP contribution in [0.2, 0.25) is 0 Å². The van der Waals surface area contributed by atoms with E-state index in [4.69, 9.17) is 0 Å². The van der Waals surface area contributed by atoms with E-state index in [0.29, 0.717) is 6.54 Å². The molecule has 1 atom stereocenters. The quantitative estimate of drug-likeness (QED) is 0.586. The summed E-state index contributed by atoms with van der Waals surface area (Å²) in [5.74, 6) is 0.0733. The van der Waals surface area contributed by atoms with Crippen molar-refractivity contribution < 1.29 is 13.5 Å². The van der Waals surface area contributed by atoms with E-state index in [-0.39, 0.29) is 12.5 Å². The molecule has 0 amide bonds. The van der Waals surface area contributed by atoms with Gasteiger partial charge in [-0.1, -0.05) is 19.1 Å². The monoisotopic (exact) mass is 376 g/mol. The van der Waals surface area contributed by atoms with Crippen LogP contribution in [-0.4, -0.2) is 47.5 Å². The normalized spacial score (nSPS) is 13.5. The molecular formula is C18H24N4O3S. The van der Waals surface area contributed by atoms with Crippen LogP contribution in [0.15, 0.2) is 30.7 Å². The van der Waals surface area contributed by atoms with Crippen LogP contribution < -0.4 is 4.72 Å². The lowest BCUT2D eigenvalue weighted by Gasteiger charge is -2.11. The molecule has 2 aromatic heterocycles. The number of aromatic nitrogens is 3. The van der Waals surface area contributed by atoms with Gasteiger partial charge in [0.1, 0.15) is 5.52 Å². The Labute approximate surface area is 153 Å². The van der Waals surface area contributed by atoms with Gasteiger partial charge in [0.2, 0.25) is 10.0 Å². The average Bonchev–Trinajstić information content (AvgIpc) is 3.02. The Morgan fingerprint density at radius 1 is 1.23 bits per heavy atom. The molecule has 0 aliphatic heterocycles. The second-order valence-corrected chi connectivity index (χ2v) is 8.50. The summed E-state index contributed by atoms with van der Waals surface area (Å²) < 4.78 is 26.8. The Hall–Kier alpha value is -2.03. The van der Waals surface area contributed by atoms with Gasteiger partial charge in [-0.3, -0.25) is 4.98 Å². The minimum Gasteiger partial charge on any atom is -0.396 e. The molecule has 1 unspecified atom stereocenters. The fourth-order valence-corrected chi connectivity index (χ4v) is 3.53. The first-order chi connectivity index (χ1) is 12.4. The summed E-state index contributed by atoms with van der Waals surface area (Å²) in [5.41, 5.74) is 3.82. The smallest absolute Gasteiger partial charge is 0.208 e. The topological polar surface area (TPSA) is 97.1 Å². The van der Waals surface area contributed by atoms with Gasteiger partial charge in [0.15, 0.2) is 0 Å². The zero-order valence-corrected chi connectivity index (χ0v) is 15.8. The molecule has 0 saturated carbocycles. The molecule has 0 fully saturated rings. The largest absolute Gasteiger partial charge is 0.396 e. The molecule has 26 heavy (non-hydrogen) atoms. The second-order valence-electron chi connectivity index (χ2n) is 6.66. The van der Waals surface area contributed by atoms with E-state index in [2.05, 4.69) is 19.3 Å². The van der Waals surface area contributed by atoms with Gasteiger partial charge in [0.25, 0.3) is 0 Å². The third-order valence-electron chi connectivity index (χ3n) is 4.50. The summed E-state index contributed by atoms with van der Waals surface area (Å²) in [6.45, 7) is 3.29. The zero-order chi connectivity index (χ0) is 18.7. The predicted molar refractivity (Wildman–Crippen MR) is 103 cm³/mol. The summed E-state index contributed by atoms with van der Waals surface area (Å²) in [5, 5.41) is 10.4. The van der Waals surface area contributed by atoms with Crippen LogP contribution in [0.25, 0.3) is 21.9 Å². The highest BCUT2D eigenvalue weighted by Gasteiger charge is 2.11. The Kier molecular flexibility index (Phi) is 5.55. The molecule has 0 aliphatic rings. The second kappa shape index (κ2) is 7.69. The van der Waals surface area contributed by atoms with Gasteiger partial charge in [0.05, 0.1) is 29.8 Å². The first kappa shape index (κ1) is 18.8. The number of fused-ring (bicyclic) bond motifs is 3. The highest BCUT2D eigenvalue weighted by atomic mass is 32.2. The fourth-order valence-electron chi connectivity index (χ4n) is 3.02. The lowest BCUT2D eigenvalue weighted by Crippen LogP contribution is -2.23. The van der Waals surface area contributed by atoms with Gasteiger partial charge in [-0.15, -0.1) is 0 Å². The lowest BCUT2D eigenvalue weighted by atomic mass is 10.00. The number of nitrogens with zero attached hydrogens (tertiary/aromatic N) is 3. The van der Waals surface area contributed by atoms with Crippen LogP contribution >= 0.6 is 0 Å². The molecule has 0 bridgehead atoms. The van der Waals surface area contributed by atoms with Crippen molar-refractivity contribution in [1.29, 1.82) is 0 Å². The van der Waals surface area contributed by atoms with E-state index < -0.39 is 10.0 Å². The molecule has 3 rings (SSSR count). The molecule has 2 heterocycles. The minimum absolute atomic E-state index is 0.0733. The number of benzene rings is 1. The Morgan fingerprint density at radius 3 is 2.77 bits per heavy atom. The van der Waals surface area contributed by atoms with Crippen molar-refractivity contribution in [2.75, 3.05) is 19.4 Å². The summed E-state index contributed by atoms with van der Waals surface area (Å²) in [7, 11) is -3.13. The van der Waals surface area contributed by atoms with Crippen molar-refractivity contribution in [1.82, 2.24) is 19.3 Å². The third-order valence-corrected chi connectivity index (χ3v) is 5.23. The van der Waals surface area contributed by atoms with Gasteiger partial charge >= 0.3 is 0 Å². The van der Waals surface area contributed by atoms with Gasteiger partial charge in [0, 0.05) is 31.0 Å². The third kappa shape index (κ3) is 4.20. The maximum Gasteiger partial charge on any atom is 0.208 e. The highest BCUT2D eigenvalue weighted by molar-refractivity contribution is 7.88. The van der Waals surface area contributed by atoms with Crippen LogP contribution in [0.3, 0.4) is 0 Å².